The molecule has 1 heterocycles. The maximum absolute atomic E-state index is 12.0. The molecular formula is C14H15NO4. The van der Waals surface area contributed by atoms with Gasteiger partial charge >= 0.3 is 5.97 Å². The van der Waals surface area contributed by atoms with Crippen LogP contribution in [-0.2, 0) is 14.4 Å². The molecule has 0 bridgehead atoms. The number of carbonyl (C=O) groups excluding carboxylic acids is 2. The summed E-state index contributed by atoms with van der Waals surface area (Å²) in [5.41, 5.74) is 1.49. The van der Waals surface area contributed by atoms with E-state index in [0.29, 0.717) is 18.4 Å². The third-order valence-corrected chi connectivity index (χ3v) is 3.35. The second kappa shape index (κ2) is 5.65. The Balaban J connectivity index is 2.43. The number of aldehydes is 1. The van der Waals surface area contributed by atoms with E-state index >= 15 is 0 Å². The van der Waals surface area contributed by atoms with Gasteiger partial charge in [-0.2, -0.15) is 0 Å². The highest BCUT2D eigenvalue weighted by molar-refractivity contribution is 5.97. The molecule has 1 N–H and O–H groups in total. The monoisotopic (exact) mass is 261 g/mol. The van der Waals surface area contributed by atoms with E-state index in [1.165, 1.54) is 4.90 Å². The van der Waals surface area contributed by atoms with Crippen LogP contribution in [0.1, 0.15) is 30.7 Å². The molecule has 1 aromatic carbocycles. The first kappa shape index (κ1) is 13.3. The Bertz CT molecular complexity index is 512. The average molecular weight is 261 g/mol. The Kier molecular flexibility index (Phi) is 3.94. The number of anilines is 1. The van der Waals surface area contributed by atoms with Crippen molar-refractivity contribution in [1.82, 2.24) is 0 Å². The van der Waals surface area contributed by atoms with Crippen LogP contribution in [0.15, 0.2) is 24.3 Å². The lowest BCUT2D eigenvalue weighted by molar-refractivity contribution is -0.137. The molecule has 0 spiro atoms. The van der Waals surface area contributed by atoms with Crippen molar-refractivity contribution >= 4 is 23.9 Å². The van der Waals surface area contributed by atoms with Gasteiger partial charge in [-0.3, -0.25) is 9.59 Å². The van der Waals surface area contributed by atoms with Crippen molar-refractivity contribution in [2.45, 2.75) is 25.2 Å². The van der Waals surface area contributed by atoms with Crippen LogP contribution in [-0.4, -0.2) is 29.8 Å². The molecule has 1 amide bonds. The zero-order valence-electron chi connectivity index (χ0n) is 10.4. The van der Waals surface area contributed by atoms with Gasteiger partial charge in [0.2, 0.25) is 5.91 Å². The third-order valence-electron chi connectivity index (χ3n) is 3.35. The van der Waals surface area contributed by atoms with Crippen LogP contribution >= 0.6 is 0 Å². The van der Waals surface area contributed by atoms with Crippen LogP contribution in [0, 0.1) is 0 Å². The topological polar surface area (TPSA) is 74.7 Å². The number of carboxylic acids is 1. The number of amides is 1. The van der Waals surface area contributed by atoms with Gasteiger partial charge in [-0.05, 0) is 24.0 Å². The molecule has 1 aliphatic rings. The van der Waals surface area contributed by atoms with Crippen molar-refractivity contribution in [3.8, 4) is 0 Å². The summed E-state index contributed by atoms with van der Waals surface area (Å²) in [4.78, 5) is 35.1. The van der Waals surface area contributed by atoms with Gasteiger partial charge in [0.25, 0.3) is 0 Å². The highest BCUT2D eigenvalue weighted by Crippen LogP contribution is 2.36. The van der Waals surface area contributed by atoms with Crippen LogP contribution in [0.3, 0.4) is 0 Å². The average Bonchev–Trinajstić information content (AvgIpc) is 2.51. The van der Waals surface area contributed by atoms with Crippen LogP contribution in [0.5, 0.6) is 0 Å². The number of hydrogen-bond acceptors (Lipinski definition) is 3. The van der Waals surface area contributed by atoms with Crippen molar-refractivity contribution in [2.75, 3.05) is 11.4 Å². The molecule has 0 aliphatic carbocycles. The molecule has 0 radical (unpaired) electrons. The number of nitrogens with zero attached hydrogens (tertiary/aromatic N) is 1. The first-order valence-corrected chi connectivity index (χ1v) is 6.18. The minimum Gasteiger partial charge on any atom is -0.481 e. The molecule has 0 fully saturated rings. The van der Waals surface area contributed by atoms with Crippen LogP contribution in [0.25, 0.3) is 0 Å². The molecule has 1 unspecified atom stereocenters. The Morgan fingerprint density at radius 3 is 2.84 bits per heavy atom. The van der Waals surface area contributed by atoms with E-state index in [9.17, 15) is 14.4 Å². The number of aliphatic carboxylic acids is 1. The maximum atomic E-state index is 12.0. The summed E-state index contributed by atoms with van der Waals surface area (Å²) >= 11 is 0. The van der Waals surface area contributed by atoms with Crippen molar-refractivity contribution < 1.29 is 19.5 Å². The smallest absolute Gasteiger partial charge is 0.303 e. The van der Waals surface area contributed by atoms with Crippen LogP contribution in [0.4, 0.5) is 5.69 Å². The van der Waals surface area contributed by atoms with E-state index < -0.39 is 5.97 Å². The summed E-state index contributed by atoms with van der Waals surface area (Å²) in [5, 5.41) is 8.96. The van der Waals surface area contributed by atoms with Gasteiger partial charge in [0.05, 0.1) is 13.0 Å². The van der Waals surface area contributed by atoms with E-state index in [1.54, 1.807) is 12.1 Å². The van der Waals surface area contributed by atoms with Crippen molar-refractivity contribution in [1.29, 1.82) is 0 Å². The quantitative estimate of drug-likeness (QED) is 0.835. The standard InChI is InChI=1S/C14H15NO4/c16-8-7-15-12-4-2-1-3-11(12)10(9-14(18)19)5-6-13(15)17/h1-4,8,10H,5-7,9H2,(H,18,19). The van der Waals surface area contributed by atoms with Crippen LogP contribution in [0.2, 0.25) is 0 Å². The van der Waals surface area contributed by atoms with Crippen molar-refractivity contribution in [3.05, 3.63) is 29.8 Å². The Morgan fingerprint density at radius 1 is 1.42 bits per heavy atom. The number of benzene rings is 1. The number of hydrogen-bond donors (Lipinski definition) is 1. The van der Waals surface area contributed by atoms with Crippen LogP contribution < -0.4 is 4.90 Å². The second-order valence-corrected chi connectivity index (χ2v) is 4.56. The van der Waals surface area contributed by atoms with Gasteiger partial charge in [-0.1, -0.05) is 18.2 Å². The fraction of sp³-hybridized carbons (Fsp3) is 0.357. The lowest BCUT2D eigenvalue weighted by Crippen LogP contribution is -2.31. The Labute approximate surface area is 110 Å². The van der Waals surface area contributed by atoms with Gasteiger partial charge in [0.15, 0.2) is 0 Å². The van der Waals surface area contributed by atoms with E-state index in [1.807, 2.05) is 12.1 Å². The highest BCUT2D eigenvalue weighted by atomic mass is 16.4. The predicted octanol–water partition coefficient (Wildman–Crippen LogP) is 1.57. The van der Waals surface area contributed by atoms with E-state index in [-0.39, 0.29) is 31.2 Å². The lowest BCUT2D eigenvalue weighted by atomic mass is 9.91. The zero-order chi connectivity index (χ0) is 13.8. The third kappa shape index (κ3) is 2.81. The van der Waals surface area contributed by atoms with Gasteiger partial charge in [0, 0.05) is 12.1 Å². The Hall–Kier alpha value is -2.17. The second-order valence-electron chi connectivity index (χ2n) is 4.56. The molecule has 0 saturated heterocycles. The molecule has 1 atom stereocenters. The first-order valence-electron chi connectivity index (χ1n) is 6.18. The molecule has 0 saturated carbocycles. The van der Waals surface area contributed by atoms with Crippen molar-refractivity contribution in [2.24, 2.45) is 0 Å². The minimum atomic E-state index is -0.879. The molecule has 5 nitrogen and oxygen atoms in total. The van der Waals surface area contributed by atoms with Gasteiger partial charge in [0.1, 0.15) is 6.29 Å². The van der Waals surface area contributed by atoms with Crippen molar-refractivity contribution in [3.63, 3.8) is 0 Å². The predicted molar refractivity (Wildman–Crippen MR) is 69.1 cm³/mol. The number of fused-ring (bicyclic) bond motifs is 1. The normalized spacial score (nSPS) is 18.6. The largest absolute Gasteiger partial charge is 0.481 e. The fourth-order valence-corrected chi connectivity index (χ4v) is 2.50. The maximum Gasteiger partial charge on any atom is 0.303 e. The molecule has 0 aromatic heterocycles. The fourth-order valence-electron chi connectivity index (χ4n) is 2.50. The molecule has 5 heteroatoms. The van der Waals surface area contributed by atoms with Gasteiger partial charge in [-0.15, -0.1) is 0 Å². The van der Waals surface area contributed by atoms with E-state index in [4.69, 9.17) is 5.11 Å². The molecule has 19 heavy (non-hydrogen) atoms. The highest BCUT2D eigenvalue weighted by Gasteiger charge is 2.28. The summed E-state index contributed by atoms with van der Waals surface area (Å²) in [6.07, 6.45) is 1.45. The Morgan fingerprint density at radius 2 is 2.16 bits per heavy atom. The number of rotatable bonds is 4. The molecular weight excluding hydrogens is 246 g/mol. The summed E-state index contributed by atoms with van der Waals surface area (Å²) in [6.45, 7) is 0.00956. The summed E-state index contributed by atoms with van der Waals surface area (Å²) in [5.74, 6) is -1.20. The van der Waals surface area contributed by atoms with E-state index in [0.717, 1.165) is 5.56 Å². The summed E-state index contributed by atoms with van der Waals surface area (Å²) in [7, 11) is 0. The first-order chi connectivity index (χ1) is 9.13. The number of para-hydroxylation sites is 1. The molecule has 100 valence electrons. The lowest BCUT2D eigenvalue weighted by Gasteiger charge is -2.21. The SMILES string of the molecule is O=CCN1C(=O)CCC(CC(=O)O)c2ccccc21. The van der Waals surface area contributed by atoms with Gasteiger partial charge in [-0.25, -0.2) is 0 Å². The van der Waals surface area contributed by atoms with E-state index in [2.05, 4.69) is 0 Å². The zero-order valence-corrected chi connectivity index (χ0v) is 10.4. The number of carbonyl (C=O) groups is 3. The number of carboxylic acid groups (broad SMARTS) is 1. The minimum absolute atomic E-state index is 0.000771. The summed E-state index contributed by atoms with van der Waals surface area (Å²) < 4.78 is 0. The molecule has 2 rings (SSSR count). The van der Waals surface area contributed by atoms with Gasteiger partial charge < -0.3 is 14.8 Å². The molecule has 1 aliphatic heterocycles. The molecule has 1 aromatic rings. The summed E-state index contributed by atoms with van der Waals surface area (Å²) in [6, 6.07) is 7.20.